The first-order chi connectivity index (χ1) is 8.27. The summed E-state index contributed by atoms with van der Waals surface area (Å²) in [7, 11) is 0. The number of rotatable bonds is 2. The Balaban J connectivity index is 2.04. The van der Waals surface area contributed by atoms with Gasteiger partial charge in [-0.15, -0.1) is 0 Å². The molecule has 1 aliphatic rings. The molecule has 0 atom stereocenters. The van der Waals surface area contributed by atoms with Crippen LogP contribution in [0.1, 0.15) is 55.3 Å². The van der Waals surface area contributed by atoms with E-state index in [4.69, 9.17) is 0 Å². The molecule has 1 aliphatic carbocycles. The fraction of sp³-hybridized carbons (Fsp3) is 0.533. The van der Waals surface area contributed by atoms with Crippen LogP contribution in [0.5, 0.6) is 0 Å². The molecule has 2 rings (SSSR count). The van der Waals surface area contributed by atoms with Gasteiger partial charge < -0.3 is 0 Å². The van der Waals surface area contributed by atoms with Crippen LogP contribution in [-0.4, -0.2) is 5.78 Å². The van der Waals surface area contributed by atoms with E-state index in [-0.39, 0.29) is 5.92 Å². The van der Waals surface area contributed by atoms with Crippen LogP contribution in [0.2, 0.25) is 0 Å². The van der Waals surface area contributed by atoms with Crippen molar-refractivity contribution in [2.24, 2.45) is 5.92 Å². The first-order valence-corrected chi connectivity index (χ1v) is 7.36. The molecule has 0 saturated heterocycles. The van der Waals surface area contributed by atoms with Crippen LogP contribution in [0.3, 0.4) is 0 Å². The highest BCUT2D eigenvalue weighted by Crippen LogP contribution is 2.25. The lowest BCUT2D eigenvalue weighted by Gasteiger charge is -2.18. The third-order valence-corrected chi connectivity index (χ3v) is 4.13. The molecule has 0 unspecified atom stereocenters. The summed E-state index contributed by atoms with van der Waals surface area (Å²) in [6.45, 7) is 0. The van der Waals surface area contributed by atoms with Gasteiger partial charge in [0.25, 0.3) is 0 Å². The summed E-state index contributed by atoms with van der Waals surface area (Å²) in [6, 6.07) is 7.78. The molecule has 17 heavy (non-hydrogen) atoms. The van der Waals surface area contributed by atoms with Gasteiger partial charge in [0.2, 0.25) is 0 Å². The predicted molar refractivity (Wildman–Crippen MR) is 74.3 cm³/mol. The Bertz CT molecular complexity index is 361. The summed E-state index contributed by atoms with van der Waals surface area (Å²) < 4.78 is 1.03. The molecule has 1 nitrogen and oxygen atoms in total. The van der Waals surface area contributed by atoms with Gasteiger partial charge in [-0.25, -0.2) is 0 Å². The fourth-order valence-electron chi connectivity index (χ4n) is 2.57. The number of carbonyl (C=O) groups is 1. The predicted octanol–water partition coefficient (Wildman–Crippen LogP) is 4.99. The van der Waals surface area contributed by atoms with Gasteiger partial charge >= 0.3 is 0 Å². The molecule has 0 aliphatic heterocycles. The third kappa shape index (κ3) is 3.67. The lowest BCUT2D eigenvalue weighted by molar-refractivity contribution is 0.0898. The van der Waals surface area contributed by atoms with E-state index in [1.165, 1.54) is 32.1 Å². The lowest BCUT2D eigenvalue weighted by Crippen LogP contribution is -2.16. The van der Waals surface area contributed by atoms with Crippen molar-refractivity contribution < 1.29 is 4.79 Å². The summed E-state index contributed by atoms with van der Waals surface area (Å²) >= 11 is 3.40. The molecule has 2 heteroatoms. The molecule has 0 bridgehead atoms. The maximum atomic E-state index is 12.4. The first kappa shape index (κ1) is 12.8. The second kappa shape index (κ2) is 6.34. The van der Waals surface area contributed by atoms with Gasteiger partial charge in [-0.1, -0.05) is 60.2 Å². The monoisotopic (exact) mass is 294 g/mol. The van der Waals surface area contributed by atoms with Crippen LogP contribution in [0.15, 0.2) is 28.7 Å². The SMILES string of the molecule is O=C(c1ccc(Br)cc1)C1CCCCCCC1. The molecule has 92 valence electrons. The summed E-state index contributed by atoms with van der Waals surface area (Å²) in [5, 5.41) is 0. The van der Waals surface area contributed by atoms with Crippen molar-refractivity contribution in [2.45, 2.75) is 44.9 Å². The molecule has 1 aromatic rings. The summed E-state index contributed by atoms with van der Waals surface area (Å²) in [4.78, 5) is 12.4. The standard InChI is InChI=1S/C15H19BrO/c16-14-10-8-13(9-11-14)15(17)12-6-4-2-1-3-5-7-12/h8-12H,1-7H2. The van der Waals surface area contributed by atoms with Crippen molar-refractivity contribution in [2.75, 3.05) is 0 Å². The van der Waals surface area contributed by atoms with Crippen molar-refractivity contribution in [3.63, 3.8) is 0 Å². The van der Waals surface area contributed by atoms with Gasteiger partial charge in [-0.05, 0) is 25.0 Å². The normalized spacial score (nSPS) is 18.4. The van der Waals surface area contributed by atoms with Crippen LogP contribution in [0, 0.1) is 5.92 Å². The topological polar surface area (TPSA) is 17.1 Å². The maximum absolute atomic E-state index is 12.4. The molecule has 0 spiro atoms. The lowest BCUT2D eigenvalue weighted by atomic mass is 9.86. The van der Waals surface area contributed by atoms with E-state index in [0.717, 1.165) is 22.9 Å². The number of hydrogen-bond acceptors (Lipinski definition) is 1. The highest BCUT2D eigenvalue weighted by Gasteiger charge is 2.20. The molecule has 0 radical (unpaired) electrons. The minimum absolute atomic E-state index is 0.261. The van der Waals surface area contributed by atoms with E-state index in [1.54, 1.807) is 0 Å². The minimum Gasteiger partial charge on any atom is -0.294 e. The highest BCUT2D eigenvalue weighted by atomic mass is 79.9. The van der Waals surface area contributed by atoms with Crippen LogP contribution in [0.25, 0.3) is 0 Å². The van der Waals surface area contributed by atoms with E-state index in [1.807, 2.05) is 24.3 Å². The average Bonchev–Trinajstić information content (AvgIpc) is 2.29. The van der Waals surface area contributed by atoms with E-state index >= 15 is 0 Å². The van der Waals surface area contributed by atoms with Crippen molar-refractivity contribution in [3.8, 4) is 0 Å². The Morgan fingerprint density at radius 1 is 0.941 bits per heavy atom. The van der Waals surface area contributed by atoms with Gasteiger partial charge in [0.05, 0.1) is 0 Å². The van der Waals surface area contributed by atoms with Crippen molar-refractivity contribution in [3.05, 3.63) is 34.3 Å². The molecule has 1 saturated carbocycles. The molecular weight excluding hydrogens is 276 g/mol. The first-order valence-electron chi connectivity index (χ1n) is 6.57. The van der Waals surface area contributed by atoms with Crippen LogP contribution >= 0.6 is 15.9 Å². The zero-order valence-corrected chi connectivity index (χ0v) is 11.7. The molecular formula is C15H19BrO. The highest BCUT2D eigenvalue weighted by molar-refractivity contribution is 9.10. The fourth-order valence-corrected chi connectivity index (χ4v) is 2.83. The Labute approximate surface area is 112 Å². The zero-order chi connectivity index (χ0) is 12.1. The Hall–Kier alpha value is -0.630. The van der Waals surface area contributed by atoms with E-state index in [9.17, 15) is 4.79 Å². The summed E-state index contributed by atoms with van der Waals surface area (Å²) in [6.07, 6.45) is 8.52. The van der Waals surface area contributed by atoms with Gasteiger partial charge in [0, 0.05) is 16.0 Å². The molecule has 1 fully saturated rings. The smallest absolute Gasteiger partial charge is 0.165 e. The molecule has 0 N–H and O–H groups in total. The Morgan fingerprint density at radius 3 is 2.06 bits per heavy atom. The average molecular weight is 295 g/mol. The third-order valence-electron chi connectivity index (χ3n) is 3.60. The molecule has 1 aromatic carbocycles. The van der Waals surface area contributed by atoms with Gasteiger partial charge in [0.15, 0.2) is 5.78 Å². The largest absolute Gasteiger partial charge is 0.294 e. The Kier molecular flexibility index (Phi) is 4.78. The number of benzene rings is 1. The van der Waals surface area contributed by atoms with Crippen molar-refractivity contribution in [1.29, 1.82) is 0 Å². The second-order valence-electron chi connectivity index (χ2n) is 4.91. The van der Waals surface area contributed by atoms with Crippen molar-refractivity contribution in [1.82, 2.24) is 0 Å². The number of halogens is 1. The van der Waals surface area contributed by atoms with E-state index < -0.39 is 0 Å². The number of ketones is 1. The summed E-state index contributed by atoms with van der Waals surface area (Å²) in [5.41, 5.74) is 0.874. The zero-order valence-electron chi connectivity index (χ0n) is 10.1. The quantitative estimate of drug-likeness (QED) is 0.702. The molecule has 0 heterocycles. The van der Waals surface area contributed by atoms with Gasteiger partial charge in [0.1, 0.15) is 0 Å². The number of carbonyl (C=O) groups excluding carboxylic acids is 1. The summed E-state index contributed by atoms with van der Waals surface area (Å²) in [5.74, 6) is 0.607. The van der Waals surface area contributed by atoms with Crippen LogP contribution in [-0.2, 0) is 0 Å². The van der Waals surface area contributed by atoms with Crippen LogP contribution < -0.4 is 0 Å². The molecule has 0 aromatic heterocycles. The van der Waals surface area contributed by atoms with Crippen LogP contribution in [0.4, 0.5) is 0 Å². The maximum Gasteiger partial charge on any atom is 0.165 e. The second-order valence-corrected chi connectivity index (χ2v) is 5.83. The van der Waals surface area contributed by atoms with Crippen molar-refractivity contribution >= 4 is 21.7 Å². The van der Waals surface area contributed by atoms with E-state index in [0.29, 0.717) is 5.78 Å². The van der Waals surface area contributed by atoms with E-state index in [2.05, 4.69) is 15.9 Å². The van der Waals surface area contributed by atoms with Gasteiger partial charge in [-0.3, -0.25) is 4.79 Å². The molecule has 0 amide bonds. The number of Topliss-reactive ketones (excluding diaryl/α,β-unsaturated/α-hetero) is 1. The number of hydrogen-bond donors (Lipinski definition) is 0. The Morgan fingerprint density at radius 2 is 1.47 bits per heavy atom. The van der Waals surface area contributed by atoms with Gasteiger partial charge in [-0.2, -0.15) is 0 Å². The minimum atomic E-state index is 0.261.